The predicted molar refractivity (Wildman–Crippen MR) is 94.7 cm³/mol. The molecule has 0 fully saturated rings. The van der Waals surface area contributed by atoms with Gasteiger partial charge in [0.2, 0.25) is 6.79 Å². The number of carbonyl (C=O) groups excluding carboxylic acids is 1. The van der Waals surface area contributed by atoms with Gasteiger partial charge in [-0.2, -0.15) is 0 Å². The first-order chi connectivity index (χ1) is 13.2. The molecule has 3 aliphatic heterocycles. The smallest absolute Gasteiger partial charge is 0.259 e. The molecule has 3 aliphatic rings. The quantitative estimate of drug-likeness (QED) is 0.887. The number of methoxy groups -OCH3 is 2. The number of fused-ring (bicyclic) bond motifs is 6. The molecule has 0 saturated heterocycles. The van der Waals surface area contributed by atoms with E-state index in [1.165, 1.54) is 14.2 Å². The zero-order valence-corrected chi connectivity index (χ0v) is 15.1. The molecule has 2 aromatic rings. The SMILES string of the molecule is COc1ccc2c(c1OC)C(=O)N1CCc3cc4c(cc3C21CO)OCO4. The lowest BCUT2D eigenvalue weighted by Gasteiger charge is -2.43. The minimum Gasteiger partial charge on any atom is -0.493 e. The van der Waals surface area contributed by atoms with Crippen LogP contribution in [0.5, 0.6) is 23.0 Å². The summed E-state index contributed by atoms with van der Waals surface area (Å²) in [5, 5.41) is 10.6. The van der Waals surface area contributed by atoms with E-state index in [0.717, 1.165) is 11.1 Å². The Kier molecular flexibility index (Phi) is 3.33. The fraction of sp³-hybridized carbons (Fsp3) is 0.350. The highest BCUT2D eigenvalue weighted by atomic mass is 16.7. The highest BCUT2D eigenvalue weighted by Crippen LogP contribution is 2.53. The molecule has 1 atom stereocenters. The third kappa shape index (κ3) is 1.87. The lowest BCUT2D eigenvalue weighted by Crippen LogP contribution is -2.51. The summed E-state index contributed by atoms with van der Waals surface area (Å²) in [7, 11) is 3.05. The van der Waals surface area contributed by atoms with Crippen LogP contribution in [-0.2, 0) is 12.0 Å². The van der Waals surface area contributed by atoms with Crippen molar-refractivity contribution >= 4 is 5.91 Å². The summed E-state index contributed by atoms with van der Waals surface area (Å²) in [5.41, 5.74) is 2.09. The van der Waals surface area contributed by atoms with Crippen molar-refractivity contribution in [2.24, 2.45) is 0 Å². The number of nitrogens with zero attached hydrogens (tertiary/aromatic N) is 1. The lowest BCUT2D eigenvalue weighted by molar-refractivity contribution is 0.0427. The van der Waals surface area contributed by atoms with Crippen molar-refractivity contribution in [3.63, 3.8) is 0 Å². The van der Waals surface area contributed by atoms with Crippen molar-refractivity contribution in [3.05, 3.63) is 46.5 Å². The van der Waals surface area contributed by atoms with Crippen LogP contribution in [0.2, 0.25) is 0 Å². The molecule has 140 valence electrons. The van der Waals surface area contributed by atoms with Gasteiger partial charge in [-0.1, -0.05) is 6.07 Å². The summed E-state index contributed by atoms with van der Waals surface area (Å²) in [4.78, 5) is 15.0. The lowest BCUT2D eigenvalue weighted by atomic mass is 9.77. The average Bonchev–Trinajstić information content (AvgIpc) is 3.26. The minimum absolute atomic E-state index is 0.168. The van der Waals surface area contributed by atoms with E-state index >= 15 is 0 Å². The van der Waals surface area contributed by atoms with E-state index in [-0.39, 0.29) is 19.3 Å². The Bertz CT molecular complexity index is 971. The molecular weight excluding hydrogens is 350 g/mol. The zero-order chi connectivity index (χ0) is 18.8. The molecular formula is C20H19NO6. The van der Waals surface area contributed by atoms with Gasteiger partial charge in [-0.3, -0.25) is 4.79 Å². The van der Waals surface area contributed by atoms with Crippen molar-refractivity contribution in [1.82, 2.24) is 4.90 Å². The molecule has 2 aromatic carbocycles. The van der Waals surface area contributed by atoms with Gasteiger partial charge in [0.25, 0.3) is 5.91 Å². The molecule has 1 unspecified atom stereocenters. The van der Waals surface area contributed by atoms with Crippen molar-refractivity contribution in [3.8, 4) is 23.0 Å². The van der Waals surface area contributed by atoms with Gasteiger partial charge < -0.3 is 29.0 Å². The topological polar surface area (TPSA) is 77.5 Å². The Labute approximate surface area is 156 Å². The Balaban J connectivity index is 1.81. The summed E-state index contributed by atoms with van der Waals surface area (Å²) >= 11 is 0. The van der Waals surface area contributed by atoms with E-state index < -0.39 is 5.54 Å². The van der Waals surface area contributed by atoms with Gasteiger partial charge in [0, 0.05) is 12.1 Å². The van der Waals surface area contributed by atoms with Crippen LogP contribution in [-0.4, -0.2) is 50.1 Å². The maximum absolute atomic E-state index is 13.3. The number of aliphatic hydroxyl groups excluding tert-OH is 1. The average molecular weight is 369 g/mol. The molecule has 0 aromatic heterocycles. The summed E-state index contributed by atoms with van der Waals surface area (Å²) in [6.07, 6.45) is 0.674. The molecule has 3 heterocycles. The number of ether oxygens (including phenoxy) is 4. The van der Waals surface area contributed by atoms with Gasteiger partial charge >= 0.3 is 0 Å². The number of hydrogen-bond donors (Lipinski definition) is 1. The third-order valence-electron chi connectivity index (χ3n) is 5.79. The van der Waals surface area contributed by atoms with E-state index in [4.69, 9.17) is 18.9 Å². The monoisotopic (exact) mass is 369 g/mol. The van der Waals surface area contributed by atoms with Crippen LogP contribution in [0.3, 0.4) is 0 Å². The molecule has 0 spiro atoms. The standard InChI is InChI=1S/C20H19NO6/c1-24-14-4-3-12-17(18(14)25-2)19(23)21-6-5-11-7-15-16(27-10-26-15)8-13(11)20(12,21)9-22/h3-4,7-8,22H,5-6,9-10H2,1-2H3. The Morgan fingerprint density at radius 3 is 2.63 bits per heavy atom. The van der Waals surface area contributed by atoms with E-state index in [1.807, 2.05) is 18.2 Å². The van der Waals surface area contributed by atoms with Gasteiger partial charge in [0.05, 0.1) is 26.4 Å². The van der Waals surface area contributed by atoms with Gasteiger partial charge in [0.15, 0.2) is 23.0 Å². The van der Waals surface area contributed by atoms with Gasteiger partial charge in [-0.15, -0.1) is 0 Å². The Morgan fingerprint density at radius 1 is 1.15 bits per heavy atom. The molecule has 0 radical (unpaired) electrons. The van der Waals surface area contributed by atoms with Crippen molar-refractivity contribution in [2.75, 3.05) is 34.2 Å². The van der Waals surface area contributed by atoms with Crippen LogP contribution < -0.4 is 18.9 Å². The van der Waals surface area contributed by atoms with Crippen molar-refractivity contribution in [1.29, 1.82) is 0 Å². The van der Waals surface area contributed by atoms with Crippen LogP contribution in [0.15, 0.2) is 24.3 Å². The minimum atomic E-state index is -0.972. The molecule has 7 heteroatoms. The summed E-state index contributed by atoms with van der Waals surface area (Å²) in [6, 6.07) is 7.45. The highest BCUT2D eigenvalue weighted by Gasteiger charge is 2.55. The number of aliphatic hydroxyl groups is 1. The zero-order valence-electron chi connectivity index (χ0n) is 15.1. The second-order valence-electron chi connectivity index (χ2n) is 6.81. The number of hydrogen-bond acceptors (Lipinski definition) is 6. The van der Waals surface area contributed by atoms with Crippen LogP contribution in [0.4, 0.5) is 0 Å². The molecule has 0 bridgehead atoms. The molecule has 1 amide bonds. The third-order valence-corrected chi connectivity index (χ3v) is 5.79. The maximum atomic E-state index is 13.3. The Morgan fingerprint density at radius 2 is 1.93 bits per heavy atom. The second kappa shape index (κ2) is 5.53. The number of amides is 1. The largest absolute Gasteiger partial charge is 0.493 e. The van der Waals surface area contributed by atoms with E-state index in [2.05, 4.69) is 0 Å². The number of rotatable bonds is 3. The van der Waals surface area contributed by atoms with Crippen LogP contribution in [0.1, 0.15) is 27.0 Å². The van der Waals surface area contributed by atoms with Gasteiger partial charge in [0.1, 0.15) is 5.54 Å². The summed E-state index contributed by atoms with van der Waals surface area (Å²) in [5.74, 6) is 2.04. The van der Waals surface area contributed by atoms with Crippen molar-refractivity contribution < 1.29 is 28.8 Å². The predicted octanol–water partition coefficient (Wildman–Crippen LogP) is 1.68. The summed E-state index contributed by atoms with van der Waals surface area (Å²) < 4.78 is 21.9. The highest BCUT2D eigenvalue weighted by molar-refractivity contribution is 6.04. The number of benzene rings is 2. The molecule has 1 N–H and O–H groups in total. The normalized spacial score (nSPS) is 21.6. The van der Waals surface area contributed by atoms with E-state index in [1.54, 1.807) is 11.0 Å². The Hall–Kier alpha value is -2.93. The molecule has 5 rings (SSSR count). The van der Waals surface area contributed by atoms with Crippen LogP contribution in [0.25, 0.3) is 0 Å². The first-order valence-corrected chi connectivity index (χ1v) is 8.77. The molecule has 7 nitrogen and oxygen atoms in total. The van der Waals surface area contributed by atoms with E-state index in [0.29, 0.717) is 47.1 Å². The molecule has 0 aliphatic carbocycles. The molecule has 0 saturated carbocycles. The fourth-order valence-corrected chi connectivity index (χ4v) is 4.58. The van der Waals surface area contributed by atoms with Crippen LogP contribution in [0, 0.1) is 0 Å². The van der Waals surface area contributed by atoms with Crippen molar-refractivity contribution in [2.45, 2.75) is 12.0 Å². The van der Waals surface area contributed by atoms with E-state index in [9.17, 15) is 9.90 Å². The first-order valence-electron chi connectivity index (χ1n) is 8.77. The molecule has 27 heavy (non-hydrogen) atoms. The maximum Gasteiger partial charge on any atom is 0.259 e. The first kappa shape index (κ1) is 16.3. The van der Waals surface area contributed by atoms with Crippen LogP contribution >= 0.6 is 0 Å². The van der Waals surface area contributed by atoms with Gasteiger partial charge in [-0.05, 0) is 35.7 Å². The number of carbonyl (C=O) groups is 1. The summed E-state index contributed by atoms with van der Waals surface area (Å²) in [6.45, 7) is 0.425. The fourth-order valence-electron chi connectivity index (χ4n) is 4.58. The van der Waals surface area contributed by atoms with Gasteiger partial charge in [-0.25, -0.2) is 0 Å². The second-order valence-corrected chi connectivity index (χ2v) is 6.81.